The molecule has 0 saturated heterocycles. The zero-order valence-electron chi connectivity index (χ0n) is 17.3. The number of amides is 1. The molecular formula is C23H20ClN3O3S. The van der Waals surface area contributed by atoms with Crippen LogP contribution in [0.3, 0.4) is 0 Å². The number of carbonyl (C=O) groups excluding carboxylic acids is 2. The van der Waals surface area contributed by atoms with Crippen molar-refractivity contribution in [3.05, 3.63) is 75.9 Å². The molecule has 2 aromatic carbocycles. The van der Waals surface area contributed by atoms with Gasteiger partial charge >= 0.3 is 0 Å². The molecule has 31 heavy (non-hydrogen) atoms. The lowest BCUT2D eigenvalue weighted by Gasteiger charge is -2.14. The number of anilines is 1. The number of carbonyl (C=O) groups is 2. The number of methoxy groups -OCH3 is 1. The lowest BCUT2D eigenvalue weighted by molar-refractivity contribution is -0.117. The van der Waals surface area contributed by atoms with Gasteiger partial charge in [-0.2, -0.15) is 0 Å². The number of rotatable bonds is 5. The predicted octanol–water partition coefficient (Wildman–Crippen LogP) is 4.96. The average molecular weight is 454 g/mol. The van der Waals surface area contributed by atoms with Crippen molar-refractivity contribution in [3.8, 4) is 5.75 Å². The molecule has 0 bridgehead atoms. The number of aromatic nitrogens is 2. The molecule has 0 fully saturated rings. The van der Waals surface area contributed by atoms with Crippen LogP contribution in [0.4, 0.5) is 5.13 Å². The molecule has 0 unspecified atom stereocenters. The normalized spacial score (nSPS) is 11.0. The summed E-state index contributed by atoms with van der Waals surface area (Å²) < 4.78 is 7.03. The molecule has 0 radical (unpaired) electrons. The fourth-order valence-corrected chi connectivity index (χ4v) is 4.30. The van der Waals surface area contributed by atoms with Crippen molar-refractivity contribution in [2.75, 3.05) is 19.1 Å². The molecule has 0 aliphatic carbocycles. The van der Waals surface area contributed by atoms with Crippen LogP contribution in [0.5, 0.6) is 5.75 Å². The van der Waals surface area contributed by atoms with E-state index in [1.807, 2.05) is 24.4 Å². The van der Waals surface area contributed by atoms with Crippen LogP contribution in [0.25, 0.3) is 10.9 Å². The third kappa shape index (κ3) is 3.94. The highest BCUT2D eigenvalue weighted by atomic mass is 35.5. The molecular weight excluding hydrogens is 434 g/mol. The standard InChI is InChI=1S/C23H20ClN3O3S/c1-14-18(13-21(28)26(2)23-25-10-11-31-23)19-12-17(30-3)8-9-20(19)27(14)22(29)15-4-6-16(24)7-5-15/h4-12H,13H2,1-3H3. The van der Waals surface area contributed by atoms with Crippen molar-refractivity contribution < 1.29 is 14.3 Å². The predicted molar refractivity (Wildman–Crippen MR) is 124 cm³/mol. The summed E-state index contributed by atoms with van der Waals surface area (Å²) in [5, 5.41) is 3.82. The van der Waals surface area contributed by atoms with Gasteiger partial charge in [-0.1, -0.05) is 11.6 Å². The fraction of sp³-hybridized carbons (Fsp3) is 0.174. The molecule has 4 rings (SSSR count). The van der Waals surface area contributed by atoms with E-state index in [0.29, 0.717) is 27.2 Å². The highest BCUT2D eigenvalue weighted by Crippen LogP contribution is 2.31. The Kier molecular flexibility index (Phi) is 5.80. The van der Waals surface area contributed by atoms with Crippen LogP contribution in [0.1, 0.15) is 21.6 Å². The maximum atomic E-state index is 13.4. The summed E-state index contributed by atoms with van der Waals surface area (Å²) in [6.07, 6.45) is 1.79. The first-order valence-corrected chi connectivity index (χ1v) is 10.8. The van der Waals surface area contributed by atoms with E-state index in [0.717, 1.165) is 16.5 Å². The maximum Gasteiger partial charge on any atom is 0.262 e. The number of likely N-dealkylation sites (N-methyl/N-ethyl adjacent to an activating group) is 1. The van der Waals surface area contributed by atoms with Gasteiger partial charge in [0.25, 0.3) is 5.91 Å². The van der Waals surface area contributed by atoms with E-state index in [9.17, 15) is 9.59 Å². The largest absolute Gasteiger partial charge is 0.497 e. The van der Waals surface area contributed by atoms with Gasteiger partial charge in [-0.3, -0.25) is 19.1 Å². The van der Waals surface area contributed by atoms with Crippen molar-refractivity contribution in [3.63, 3.8) is 0 Å². The van der Waals surface area contributed by atoms with Gasteiger partial charge in [0.1, 0.15) is 5.75 Å². The second-order valence-electron chi connectivity index (χ2n) is 7.04. The van der Waals surface area contributed by atoms with E-state index < -0.39 is 0 Å². The molecule has 0 aliphatic rings. The fourth-order valence-electron chi connectivity index (χ4n) is 3.55. The zero-order valence-corrected chi connectivity index (χ0v) is 18.8. The minimum absolute atomic E-state index is 0.112. The Morgan fingerprint density at radius 3 is 2.58 bits per heavy atom. The minimum Gasteiger partial charge on any atom is -0.497 e. The molecule has 0 N–H and O–H groups in total. The highest BCUT2D eigenvalue weighted by molar-refractivity contribution is 7.13. The van der Waals surface area contributed by atoms with E-state index >= 15 is 0 Å². The molecule has 4 aromatic rings. The van der Waals surface area contributed by atoms with Crippen molar-refractivity contribution in [2.24, 2.45) is 0 Å². The van der Waals surface area contributed by atoms with E-state index in [-0.39, 0.29) is 18.2 Å². The first kappa shape index (κ1) is 21.1. The van der Waals surface area contributed by atoms with Crippen LogP contribution < -0.4 is 9.64 Å². The summed E-state index contributed by atoms with van der Waals surface area (Å²) in [5.41, 5.74) is 2.73. The first-order chi connectivity index (χ1) is 14.9. The van der Waals surface area contributed by atoms with E-state index in [1.165, 1.54) is 16.2 Å². The summed E-state index contributed by atoms with van der Waals surface area (Å²) in [7, 11) is 3.29. The Morgan fingerprint density at radius 1 is 1.19 bits per heavy atom. The smallest absolute Gasteiger partial charge is 0.262 e. The Hall–Kier alpha value is -3.16. The van der Waals surface area contributed by atoms with Crippen molar-refractivity contribution in [2.45, 2.75) is 13.3 Å². The lowest BCUT2D eigenvalue weighted by Crippen LogP contribution is -2.28. The molecule has 1 amide bonds. The van der Waals surface area contributed by atoms with Crippen LogP contribution in [0.2, 0.25) is 5.02 Å². The zero-order chi connectivity index (χ0) is 22.1. The number of halogens is 1. The van der Waals surface area contributed by atoms with Crippen LogP contribution in [-0.4, -0.2) is 35.5 Å². The van der Waals surface area contributed by atoms with Crippen LogP contribution in [-0.2, 0) is 11.2 Å². The van der Waals surface area contributed by atoms with Crippen molar-refractivity contribution in [1.29, 1.82) is 0 Å². The number of nitrogens with zero attached hydrogens (tertiary/aromatic N) is 3. The van der Waals surface area contributed by atoms with Gasteiger partial charge in [-0.25, -0.2) is 4.98 Å². The second-order valence-corrected chi connectivity index (χ2v) is 8.35. The molecule has 2 heterocycles. The summed E-state index contributed by atoms with van der Waals surface area (Å²) in [5.74, 6) is 0.362. The first-order valence-electron chi connectivity index (χ1n) is 9.55. The quantitative estimate of drug-likeness (QED) is 0.428. The van der Waals surface area contributed by atoms with Gasteiger partial charge in [0.05, 0.1) is 19.0 Å². The van der Waals surface area contributed by atoms with E-state index in [4.69, 9.17) is 16.3 Å². The maximum absolute atomic E-state index is 13.4. The van der Waals surface area contributed by atoms with Gasteiger partial charge in [0.2, 0.25) is 5.91 Å². The van der Waals surface area contributed by atoms with E-state index in [1.54, 1.807) is 55.3 Å². The summed E-state index contributed by atoms with van der Waals surface area (Å²) in [4.78, 5) is 32.1. The summed E-state index contributed by atoms with van der Waals surface area (Å²) >= 11 is 7.37. The van der Waals surface area contributed by atoms with Crippen molar-refractivity contribution >= 4 is 50.8 Å². The molecule has 6 nitrogen and oxygen atoms in total. The lowest BCUT2D eigenvalue weighted by atomic mass is 10.1. The van der Waals surface area contributed by atoms with Crippen molar-refractivity contribution in [1.82, 2.24) is 9.55 Å². The molecule has 2 aromatic heterocycles. The Labute approximate surface area is 188 Å². The highest BCUT2D eigenvalue weighted by Gasteiger charge is 2.24. The Balaban J connectivity index is 1.81. The van der Waals surface area contributed by atoms with Crippen LogP contribution in [0.15, 0.2) is 54.0 Å². The summed E-state index contributed by atoms with van der Waals surface area (Å²) in [6, 6.07) is 12.3. The molecule has 0 aliphatic heterocycles. The Morgan fingerprint density at radius 2 is 1.94 bits per heavy atom. The molecule has 8 heteroatoms. The van der Waals surface area contributed by atoms with E-state index in [2.05, 4.69) is 4.98 Å². The molecule has 0 atom stereocenters. The molecule has 158 valence electrons. The molecule has 0 spiro atoms. The monoisotopic (exact) mass is 453 g/mol. The number of benzene rings is 2. The average Bonchev–Trinajstić information content (AvgIpc) is 3.40. The number of thiazole rings is 1. The van der Waals surface area contributed by atoms with Gasteiger partial charge in [0, 0.05) is 40.3 Å². The van der Waals surface area contributed by atoms with Gasteiger partial charge in [-0.15, -0.1) is 11.3 Å². The number of hydrogen-bond donors (Lipinski definition) is 0. The van der Waals surface area contributed by atoms with Crippen LogP contribution >= 0.6 is 22.9 Å². The van der Waals surface area contributed by atoms with Gasteiger partial charge in [0.15, 0.2) is 5.13 Å². The van der Waals surface area contributed by atoms with Gasteiger partial charge < -0.3 is 4.74 Å². The van der Waals surface area contributed by atoms with Gasteiger partial charge in [-0.05, 0) is 55.0 Å². The number of hydrogen-bond acceptors (Lipinski definition) is 5. The number of ether oxygens (including phenoxy) is 1. The second kappa shape index (κ2) is 8.53. The SMILES string of the molecule is COc1ccc2c(c1)c(CC(=O)N(C)c1nccs1)c(C)n2C(=O)c1ccc(Cl)cc1. The number of fused-ring (bicyclic) bond motifs is 1. The third-order valence-corrected chi connectivity index (χ3v) is 6.34. The Bertz CT molecular complexity index is 1260. The minimum atomic E-state index is -0.184. The van der Waals surface area contributed by atoms with Crippen LogP contribution in [0, 0.1) is 6.92 Å². The third-order valence-electron chi connectivity index (χ3n) is 5.24. The topological polar surface area (TPSA) is 64.4 Å². The molecule has 0 saturated carbocycles. The summed E-state index contributed by atoms with van der Waals surface area (Å²) in [6.45, 7) is 1.85.